The lowest BCUT2D eigenvalue weighted by atomic mass is 10.3. The summed E-state index contributed by atoms with van der Waals surface area (Å²) in [4.78, 5) is 31.7. The number of nitrogens with one attached hydrogen (secondary N) is 2. The number of aromatic amines is 1. The third-order valence-electron chi connectivity index (χ3n) is 3.94. The molecule has 0 saturated heterocycles. The predicted molar refractivity (Wildman–Crippen MR) is 93.8 cm³/mol. The third-order valence-corrected chi connectivity index (χ3v) is 4.93. The van der Waals surface area contributed by atoms with Gasteiger partial charge in [0.15, 0.2) is 5.16 Å². The first-order valence-electron chi connectivity index (χ1n) is 7.81. The molecule has 7 heteroatoms. The molecule has 0 saturated carbocycles. The van der Waals surface area contributed by atoms with Crippen LogP contribution in [-0.2, 0) is 17.6 Å². The maximum absolute atomic E-state index is 12.4. The molecular weight excluding hydrogens is 326 g/mol. The molecule has 2 aromatic rings. The van der Waals surface area contributed by atoms with E-state index in [1.807, 2.05) is 12.1 Å². The van der Waals surface area contributed by atoms with Gasteiger partial charge in [-0.1, -0.05) is 23.9 Å². The zero-order valence-corrected chi connectivity index (χ0v) is 14.4. The third kappa shape index (κ3) is 3.46. The van der Waals surface area contributed by atoms with Gasteiger partial charge in [0.05, 0.1) is 23.7 Å². The van der Waals surface area contributed by atoms with Crippen LogP contribution in [0.25, 0.3) is 0 Å². The number of thioether (sulfide) groups is 1. The van der Waals surface area contributed by atoms with Gasteiger partial charge in [0.25, 0.3) is 5.56 Å². The van der Waals surface area contributed by atoms with E-state index in [4.69, 9.17) is 4.74 Å². The van der Waals surface area contributed by atoms with Crippen molar-refractivity contribution in [2.75, 3.05) is 12.4 Å². The second-order valence-corrected chi connectivity index (χ2v) is 6.93. The highest BCUT2D eigenvalue weighted by molar-refractivity contribution is 8.00. The summed E-state index contributed by atoms with van der Waals surface area (Å²) in [6.07, 6.45) is 2.57. The van der Waals surface area contributed by atoms with Crippen LogP contribution in [0.1, 0.15) is 24.6 Å². The number of carbonyl (C=O) groups excluding carboxylic acids is 1. The van der Waals surface area contributed by atoms with E-state index in [-0.39, 0.29) is 11.5 Å². The number of H-pyrrole nitrogens is 1. The van der Waals surface area contributed by atoms with Crippen LogP contribution in [0, 0.1) is 0 Å². The lowest BCUT2D eigenvalue weighted by molar-refractivity contribution is -0.115. The molecule has 0 bridgehead atoms. The Morgan fingerprint density at radius 3 is 2.96 bits per heavy atom. The molecule has 3 rings (SSSR count). The van der Waals surface area contributed by atoms with E-state index < -0.39 is 5.25 Å². The summed E-state index contributed by atoms with van der Waals surface area (Å²) in [6.45, 7) is 1.78. The fourth-order valence-electron chi connectivity index (χ4n) is 2.68. The van der Waals surface area contributed by atoms with E-state index in [0.29, 0.717) is 16.6 Å². The summed E-state index contributed by atoms with van der Waals surface area (Å²) in [5, 5.41) is 2.93. The van der Waals surface area contributed by atoms with Gasteiger partial charge in [-0.05, 0) is 38.3 Å². The Labute approximate surface area is 144 Å². The maximum Gasteiger partial charge on any atom is 0.254 e. The van der Waals surface area contributed by atoms with Gasteiger partial charge in [-0.25, -0.2) is 4.98 Å². The highest BCUT2D eigenvalue weighted by atomic mass is 32.2. The van der Waals surface area contributed by atoms with Crippen molar-refractivity contribution in [3.05, 3.63) is 45.9 Å². The summed E-state index contributed by atoms with van der Waals surface area (Å²) in [7, 11) is 1.56. The molecule has 0 radical (unpaired) electrons. The van der Waals surface area contributed by atoms with Gasteiger partial charge in [-0.3, -0.25) is 9.59 Å². The molecule has 1 aliphatic carbocycles. The highest BCUT2D eigenvalue weighted by Crippen LogP contribution is 2.26. The molecule has 0 spiro atoms. The van der Waals surface area contributed by atoms with Crippen molar-refractivity contribution in [2.45, 2.75) is 36.6 Å². The quantitative estimate of drug-likeness (QED) is 0.642. The number of hydrogen-bond donors (Lipinski definition) is 2. The molecule has 6 nitrogen and oxygen atoms in total. The highest BCUT2D eigenvalue weighted by Gasteiger charge is 2.21. The largest absolute Gasteiger partial charge is 0.495 e. The minimum atomic E-state index is -0.405. The van der Waals surface area contributed by atoms with Gasteiger partial charge in [0, 0.05) is 5.56 Å². The molecule has 1 aromatic carbocycles. The molecule has 0 fully saturated rings. The van der Waals surface area contributed by atoms with Crippen molar-refractivity contribution in [1.29, 1.82) is 0 Å². The van der Waals surface area contributed by atoms with E-state index in [1.54, 1.807) is 26.2 Å². The normalized spacial score (nSPS) is 14.1. The second kappa shape index (κ2) is 7.09. The van der Waals surface area contributed by atoms with Crippen molar-refractivity contribution in [2.24, 2.45) is 0 Å². The van der Waals surface area contributed by atoms with Gasteiger partial charge in [-0.2, -0.15) is 0 Å². The number of ether oxygens (including phenoxy) is 1. The molecular formula is C17H19N3O3S. The second-order valence-electron chi connectivity index (χ2n) is 5.60. The minimum Gasteiger partial charge on any atom is -0.495 e. The number of anilines is 1. The lowest BCUT2D eigenvalue weighted by Gasteiger charge is -2.14. The SMILES string of the molecule is COc1ccccc1NC(=O)[C@H](C)Sc1nc2c(c(=O)[nH]1)CCC2. The number of benzene rings is 1. The van der Waals surface area contributed by atoms with E-state index in [9.17, 15) is 9.59 Å². The van der Waals surface area contributed by atoms with E-state index in [0.717, 1.165) is 30.5 Å². The molecule has 2 N–H and O–H groups in total. The van der Waals surface area contributed by atoms with Crippen LogP contribution in [-0.4, -0.2) is 28.2 Å². The molecule has 0 unspecified atom stereocenters. The average Bonchev–Trinajstić information content (AvgIpc) is 3.04. The number of nitrogens with zero attached hydrogens (tertiary/aromatic N) is 1. The molecule has 1 atom stereocenters. The number of fused-ring (bicyclic) bond motifs is 1. The Morgan fingerprint density at radius 2 is 2.17 bits per heavy atom. The van der Waals surface area contributed by atoms with Crippen LogP contribution in [0.3, 0.4) is 0 Å². The van der Waals surface area contributed by atoms with Crippen molar-refractivity contribution in [1.82, 2.24) is 9.97 Å². The standard InChI is InChI=1S/C17H19N3O3S/c1-10(15(21)18-13-7-3-4-9-14(13)23-2)24-17-19-12-8-5-6-11(12)16(22)20-17/h3-4,7,9-10H,5-6,8H2,1-2H3,(H,18,21)(H,19,20,22)/t10-/m0/s1. The van der Waals surface area contributed by atoms with Crippen LogP contribution in [0.4, 0.5) is 5.69 Å². The first-order chi connectivity index (χ1) is 11.6. The Balaban J connectivity index is 1.71. The molecule has 0 aliphatic heterocycles. The Hall–Kier alpha value is -2.28. The Kier molecular flexibility index (Phi) is 4.89. The number of aromatic nitrogens is 2. The Bertz CT molecular complexity index is 819. The molecule has 1 heterocycles. The fraction of sp³-hybridized carbons (Fsp3) is 0.353. The summed E-state index contributed by atoms with van der Waals surface area (Å²) < 4.78 is 5.23. The number of carbonyl (C=O) groups is 1. The number of amides is 1. The monoisotopic (exact) mass is 345 g/mol. The van der Waals surface area contributed by atoms with Gasteiger partial charge in [0.2, 0.25) is 5.91 Å². The maximum atomic E-state index is 12.4. The number of para-hydroxylation sites is 2. The van der Waals surface area contributed by atoms with Crippen molar-refractivity contribution >= 4 is 23.4 Å². The van der Waals surface area contributed by atoms with Gasteiger partial charge < -0.3 is 15.0 Å². The van der Waals surface area contributed by atoms with Crippen molar-refractivity contribution in [3.8, 4) is 5.75 Å². The van der Waals surface area contributed by atoms with Crippen LogP contribution >= 0.6 is 11.8 Å². The van der Waals surface area contributed by atoms with Gasteiger partial charge in [0.1, 0.15) is 5.75 Å². The van der Waals surface area contributed by atoms with Crippen molar-refractivity contribution < 1.29 is 9.53 Å². The molecule has 24 heavy (non-hydrogen) atoms. The molecule has 1 aromatic heterocycles. The van der Waals surface area contributed by atoms with Crippen LogP contribution in [0.15, 0.2) is 34.2 Å². The Morgan fingerprint density at radius 1 is 1.38 bits per heavy atom. The number of methoxy groups -OCH3 is 1. The first-order valence-corrected chi connectivity index (χ1v) is 8.69. The summed E-state index contributed by atoms with van der Waals surface area (Å²) in [5.41, 5.74) is 2.18. The minimum absolute atomic E-state index is 0.0858. The summed E-state index contributed by atoms with van der Waals surface area (Å²) in [6, 6.07) is 7.23. The topological polar surface area (TPSA) is 84.1 Å². The number of aryl methyl sites for hydroxylation is 1. The zero-order chi connectivity index (χ0) is 17.1. The summed E-state index contributed by atoms with van der Waals surface area (Å²) >= 11 is 1.25. The average molecular weight is 345 g/mol. The molecule has 1 amide bonds. The predicted octanol–water partition coefficient (Wildman–Crippen LogP) is 2.39. The fourth-order valence-corrected chi connectivity index (χ4v) is 3.49. The lowest BCUT2D eigenvalue weighted by Crippen LogP contribution is -2.24. The molecule has 1 aliphatic rings. The van der Waals surface area contributed by atoms with Crippen LogP contribution in [0.2, 0.25) is 0 Å². The van der Waals surface area contributed by atoms with E-state index >= 15 is 0 Å². The first kappa shape index (κ1) is 16.6. The van der Waals surface area contributed by atoms with Crippen LogP contribution < -0.4 is 15.6 Å². The summed E-state index contributed by atoms with van der Waals surface area (Å²) in [5.74, 6) is 0.430. The van der Waals surface area contributed by atoms with Gasteiger partial charge >= 0.3 is 0 Å². The smallest absolute Gasteiger partial charge is 0.254 e. The number of hydrogen-bond acceptors (Lipinski definition) is 5. The van der Waals surface area contributed by atoms with E-state index in [1.165, 1.54) is 11.8 Å². The van der Waals surface area contributed by atoms with E-state index in [2.05, 4.69) is 15.3 Å². The zero-order valence-electron chi connectivity index (χ0n) is 13.6. The van der Waals surface area contributed by atoms with Crippen molar-refractivity contribution in [3.63, 3.8) is 0 Å². The van der Waals surface area contributed by atoms with Crippen LogP contribution in [0.5, 0.6) is 5.75 Å². The molecule has 126 valence electrons. The number of rotatable bonds is 5. The van der Waals surface area contributed by atoms with Gasteiger partial charge in [-0.15, -0.1) is 0 Å².